The summed E-state index contributed by atoms with van der Waals surface area (Å²) in [7, 11) is 2.25. The molecule has 0 saturated carbocycles. The van der Waals surface area contributed by atoms with Crippen molar-refractivity contribution in [2.45, 2.75) is 32.7 Å². The largest absolute Gasteiger partial charge is 0.454 e. The van der Waals surface area contributed by atoms with E-state index in [2.05, 4.69) is 103 Å². The van der Waals surface area contributed by atoms with Gasteiger partial charge in [-0.3, -0.25) is 4.48 Å². The van der Waals surface area contributed by atoms with E-state index in [1.165, 1.54) is 5.69 Å². The van der Waals surface area contributed by atoms with Crippen LogP contribution in [0.5, 0.6) is 23.0 Å². The van der Waals surface area contributed by atoms with Gasteiger partial charge in [0.05, 0.1) is 25.0 Å². The van der Waals surface area contributed by atoms with E-state index < -0.39 is 0 Å². The molecule has 43 heavy (non-hydrogen) atoms. The Bertz CT molecular complexity index is 1680. The third-order valence-corrected chi connectivity index (χ3v) is 8.53. The lowest BCUT2D eigenvalue weighted by molar-refractivity contribution is 0.173. The van der Waals surface area contributed by atoms with Crippen molar-refractivity contribution in [2.75, 3.05) is 27.2 Å². The number of fused-ring (bicyclic) bond motifs is 2. The highest BCUT2D eigenvalue weighted by atomic mass is 16.7. The summed E-state index contributed by atoms with van der Waals surface area (Å²) in [5.74, 6) is 4.11. The molecule has 3 heterocycles. The van der Waals surface area contributed by atoms with E-state index in [-0.39, 0.29) is 13.6 Å². The van der Waals surface area contributed by atoms with Gasteiger partial charge >= 0.3 is 0 Å². The minimum atomic E-state index is 0.242. The molecule has 0 amide bonds. The molecule has 0 bridgehead atoms. The number of benzene rings is 4. The predicted octanol–water partition coefficient (Wildman–Crippen LogP) is 7.99. The zero-order valence-corrected chi connectivity index (χ0v) is 24.7. The van der Waals surface area contributed by atoms with Gasteiger partial charge in [0.1, 0.15) is 17.2 Å². The maximum absolute atomic E-state index is 5.81. The molecule has 7 rings (SSSR count). The number of hydrogen-bond donors (Lipinski definition) is 0. The molecular weight excluding hydrogens is 538 g/mol. The summed E-state index contributed by atoms with van der Waals surface area (Å²) in [5.41, 5.74) is 6.75. The van der Waals surface area contributed by atoms with E-state index in [9.17, 15) is 0 Å². The number of unbranched alkanes of at least 4 members (excludes halogenated alkanes) is 1. The number of ether oxygens (including phenoxy) is 4. The van der Waals surface area contributed by atoms with Crippen LogP contribution >= 0.6 is 0 Å². The average molecular weight is 575 g/mol. The zero-order chi connectivity index (χ0) is 29.2. The summed E-state index contributed by atoms with van der Waals surface area (Å²) in [6.45, 7) is 4.42. The van der Waals surface area contributed by atoms with Crippen LogP contribution in [0.1, 0.15) is 25.5 Å². The van der Waals surface area contributed by atoms with Gasteiger partial charge < -0.3 is 23.5 Å². The van der Waals surface area contributed by atoms with Gasteiger partial charge in [0, 0.05) is 48.4 Å². The van der Waals surface area contributed by atoms with Crippen molar-refractivity contribution >= 4 is 11.4 Å². The van der Waals surface area contributed by atoms with Gasteiger partial charge in [-0.25, -0.2) is 4.98 Å². The van der Waals surface area contributed by atoms with Gasteiger partial charge in [0.15, 0.2) is 23.0 Å². The maximum atomic E-state index is 5.81. The van der Waals surface area contributed by atoms with Gasteiger partial charge in [-0.2, -0.15) is 0 Å². The Morgan fingerprint density at radius 3 is 1.84 bits per heavy atom. The van der Waals surface area contributed by atoms with Gasteiger partial charge in [-0.05, 0) is 18.6 Å². The van der Waals surface area contributed by atoms with Crippen LogP contribution in [0.15, 0.2) is 97.1 Å². The second-order valence-electron chi connectivity index (χ2n) is 11.2. The molecule has 0 saturated heterocycles. The quantitative estimate of drug-likeness (QED) is 0.158. The lowest BCUT2D eigenvalue weighted by Gasteiger charge is -2.34. The van der Waals surface area contributed by atoms with E-state index in [4.69, 9.17) is 23.9 Å². The molecule has 4 aromatic carbocycles. The van der Waals surface area contributed by atoms with Crippen LogP contribution in [-0.2, 0) is 13.0 Å². The van der Waals surface area contributed by atoms with Crippen molar-refractivity contribution in [1.29, 1.82) is 0 Å². The van der Waals surface area contributed by atoms with Gasteiger partial charge in [-0.1, -0.05) is 74.0 Å². The highest BCUT2D eigenvalue weighted by Crippen LogP contribution is 2.44. The number of aromatic nitrogens is 2. The minimum Gasteiger partial charge on any atom is -0.454 e. The molecule has 0 unspecified atom stereocenters. The Kier molecular flexibility index (Phi) is 7.25. The van der Waals surface area contributed by atoms with Crippen molar-refractivity contribution in [3.63, 3.8) is 0 Å². The Balaban J connectivity index is 1.35. The summed E-state index contributed by atoms with van der Waals surface area (Å²) < 4.78 is 25.9. The molecule has 0 N–H and O–H groups in total. The first-order valence-corrected chi connectivity index (χ1v) is 15.0. The highest BCUT2D eigenvalue weighted by molar-refractivity contribution is 5.69. The lowest BCUT2D eigenvalue weighted by Crippen LogP contribution is -2.41. The molecule has 0 radical (unpaired) electrons. The number of rotatable bonds is 10. The van der Waals surface area contributed by atoms with Crippen molar-refractivity contribution < 1.29 is 18.9 Å². The van der Waals surface area contributed by atoms with Crippen LogP contribution in [0.4, 0.5) is 11.4 Å². The minimum absolute atomic E-state index is 0.242. The fraction of sp³-hybridized carbons (Fsp3) is 0.250. The standard InChI is InChI=1S/C36H36N3O4/c1-3-4-20-38-30(35(26-11-7-5-8-12-26)37-36(38)27-13-9-6-10-14-27)19-21-39(2,28-15-17-31-33(22-28)42-24-40-31)29-16-18-32-34(23-29)43-25-41-32/h5-18,22-23H,3-4,19-21,24-25H2,1-2H3/q+1. The second kappa shape index (κ2) is 11.5. The molecule has 2 aliphatic heterocycles. The SMILES string of the molecule is CCCCn1c(-c2ccccc2)nc(-c2ccccc2)c1CC[N+](C)(c1ccc2c(c1)OCO2)c1ccc2c(c1)OCO2. The molecule has 0 aliphatic carbocycles. The van der Waals surface area contributed by atoms with Crippen LogP contribution in [0.3, 0.4) is 0 Å². The van der Waals surface area contributed by atoms with Crippen molar-refractivity contribution in [2.24, 2.45) is 0 Å². The first-order chi connectivity index (χ1) is 21.1. The zero-order valence-electron chi connectivity index (χ0n) is 24.7. The monoisotopic (exact) mass is 574 g/mol. The van der Waals surface area contributed by atoms with Crippen LogP contribution in [0.2, 0.25) is 0 Å². The third kappa shape index (κ3) is 5.10. The molecule has 1 aromatic heterocycles. The van der Waals surface area contributed by atoms with E-state index in [1.54, 1.807) is 0 Å². The molecule has 0 atom stereocenters. The molecule has 2 aliphatic rings. The average Bonchev–Trinajstić information content (AvgIpc) is 3.81. The fourth-order valence-corrected chi connectivity index (χ4v) is 6.05. The van der Waals surface area contributed by atoms with Crippen LogP contribution in [0.25, 0.3) is 22.6 Å². The number of likely N-dealkylation sites (N-methyl/N-ethyl adjacent to an activating group) is 1. The van der Waals surface area contributed by atoms with E-state index >= 15 is 0 Å². The highest BCUT2D eigenvalue weighted by Gasteiger charge is 2.33. The van der Waals surface area contributed by atoms with Gasteiger partial charge in [0.2, 0.25) is 13.6 Å². The Morgan fingerprint density at radius 2 is 1.26 bits per heavy atom. The van der Waals surface area contributed by atoms with E-state index in [1.807, 2.05) is 12.1 Å². The summed E-state index contributed by atoms with van der Waals surface area (Å²) in [6.07, 6.45) is 2.98. The molecule has 7 nitrogen and oxygen atoms in total. The maximum Gasteiger partial charge on any atom is 0.231 e. The summed E-state index contributed by atoms with van der Waals surface area (Å²) >= 11 is 0. The predicted molar refractivity (Wildman–Crippen MR) is 169 cm³/mol. The molecular formula is C36H36N3O4+. The van der Waals surface area contributed by atoms with Crippen molar-refractivity contribution in [1.82, 2.24) is 14.0 Å². The van der Waals surface area contributed by atoms with Gasteiger partial charge in [0.25, 0.3) is 0 Å². The number of hydrogen-bond acceptors (Lipinski definition) is 5. The Morgan fingerprint density at radius 1 is 0.698 bits per heavy atom. The van der Waals surface area contributed by atoms with Crippen molar-refractivity contribution in [3.8, 4) is 45.6 Å². The van der Waals surface area contributed by atoms with Crippen LogP contribution in [-0.4, -0.2) is 36.7 Å². The Hall–Kier alpha value is -4.75. The molecule has 218 valence electrons. The third-order valence-electron chi connectivity index (χ3n) is 8.53. The number of quaternary nitrogens is 1. The van der Waals surface area contributed by atoms with Crippen molar-refractivity contribution in [3.05, 3.63) is 103 Å². The molecule has 5 aromatic rings. The number of nitrogens with zero attached hydrogens (tertiary/aromatic N) is 3. The topological polar surface area (TPSA) is 54.7 Å². The first-order valence-electron chi connectivity index (χ1n) is 15.0. The number of imidazole rings is 1. The van der Waals surface area contributed by atoms with E-state index in [0.29, 0.717) is 4.48 Å². The normalized spacial score (nSPS) is 13.4. The molecule has 0 spiro atoms. The molecule has 0 fully saturated rings. The summed E-state index contributed by atoms with van der Waals surface area (Å²) in [5, 5.41) is 0. The summed E-state index contributed by atoms with van der Waals surface area (Å²) in [4.78, 5) is 5.33. The second-order valence-corrected chi connectivity index (χ2v) is 11.2. The smallest absolute Gasteiger partial charge is 0.231 e. The van der Waals surface area contributed by atoms with Gasteiger partial charge in [-0.15, -0.1) is 0 Å². The van der Waals surface area contributed by atoms with Crippen LogP contribution < -0.4 is 23.4 Å². The lowest BCUT2D eigenvalue weighted by atomic mass is 10.1. The summed E-state index contributed by atoms with van der Waals surface area (Å²) in [6, 6.07) is 33.6. The Labute approximate surface area is 252 Å². The van der Waals surface area contributed by atoms with Crippen LogP contribution in [0, 0.1) is 0 Å². The molecule has 7 heteroatoms. The fourth-order valence-electron chi connectivity index (χ4n) is 6.05. The first kappa shape index (κ1) is 27.1. The van der Waals surface area contributed by atoms with E-state index in [0.717, 1.165) is 89.4 Å².